The van der Waals surface area contributed by atoms with Crippen LogP contribution in [0.25, 0.3) is 0 Å². The van der Waals surface area contributed by atoms with E-state index in [2.05, 4.69) is 32.9 Å². The van der Waals surface area contributed by atoms with E-state index in [4.69, 9.17) is 0 Å². The van der Waals surface area contributed by atoms with Crippen LogP contribution in [0, 0.1) is 28.6 Å². The molecule has 3 nitrogen and oxygen atoms in total. The SMILES string of the molecule is CC1(C)CCCC2(C)C(=O)CCC3C=C(C(=O)C3CSc3ccccc3)C(O)CC12. The maximum atomic E-state index is 13.4. The van der Waals surface area contributed by atoms with E-state index < -0.39 is 11.5 Å². The lowest BCUT2D eigenvalue weighted by atomic mass is 9.53. The zero-order chi connectivity index (χ0) is 21.5. The highest BCUT2D eigenvalue weighted by Crippen LogP contribution is 2.55. The van der Waals surface area contributed by atoms with Crippen LogP contribution in [0.4, 0.5) is 0 Å². The first kappa shape index (κ1) is 21.8. The summed E-state index contributed by atoms with van der Waals surface area (Å²) in [6.45, 7) is 6.58. The number of aliphatic hydroxyl groups excluding tert-OH is 1. The molecule has 0 radical (unpaired) electrons. The van der Waals surface area contributed by atoms with Crippen molar-refractivity contribution in [3.63, 3.8) is 0 Å². The van der Waals surface area contributed by atoms with Crippen molar-refractivity contribution in [3.05, 3.63) is 42.0 Å². The average molecular weight is 427 g/mol. The molecule has 4 heteroatoms. The number of carbonyl (C=O) groups excluding carboxylic acids is 2. The van der Waals surface area contributed by atoms with Crippen molar-refractivity contribution in [3.8, 4) is 0 Å². The van der Waals surface area contributed by atoms with Crippen molar-refractivity contribution in [2.24, 2.45) is 28.6 Å². The van der Waals surface area contributed by atoms with Crippen LogP contribution in [-0.2, 0) is 9.59 Å². The molecule has 0 saturated heterocycles. The van der Waals surface area contributed by atoms with Crippen LogP contribution in [0.5, 0.6) is 0 Å². The molecule has 1 aromatic carbocycles. The molecule has 3 aliphatic carbocycles. The van der Waals surface area contributed by atoms with E-state index >= 15 is 0 Å². The van der Waals surface area contributed by atoms with Gasteiger partial charge in [-0.15, -0.1) is 11.8 Å². The minimum atomic E-state index is -0.765. The van der Waals surface area contributed by atoms with Gasteiger partial charge < -0.3 is 5.11 Å². The molecular weight excluding hydrogens is 392 g/mol. The molecule has 2 bridgehead atoms. The minimum Gasteiger partial charge on any atom is -0.388 e. The van der Waals surface area contributed by atoms with Crippen molar-refractivity contribution >= 4 is 23.3 Å². The number of ketones is 2. The van der Waals surface area contributed by atoms with Gasteiger partial charge in [0, 0.05) is 34.0 Å². The van der Waals surface area contributed by atoms with Gasteiger partial charge in [-0.3, -0.25) is 9.59 Å². The topological polar surface area (TPSA) is 54.4 Å². The number of hydrogen-bond acceptors (Lipinski definition) is 4. The normalized spacial score (nSPS) is 36.2. The third-order valence-electron chi connectivity index (χ3n) is 8.09. The second-order valence-corrected chi connectivity index (χ2v) is 11.5. The van der Waals surface area contributed by atoms with E-state index in [1.807, 2.05) is 24.3 Å². The van der Waals surface area contributed by atoms with Gasteiger partial charge in [0.2, 0.25) is 0 Å². The summed E-state index contributed by atoms with van der Waals surface area (Å²) in [5.74, 6) is 1.14. The molecule has 162 valence electrons. The number of Topliss-reactive ketones (excluding diaryl/α,β-unsaturated/α-hetero) is 2. The second-order valence-electron chi connectivity index (χ2n) is 10.4. The van der Waals surface area contributed by atoms with Gasteiger partial charge >= 0.3 is 0 Å². The fraction of sp³-hybridized carbons (Fsp3) is 0.615. The quantitative estimate of drug-likeness (QED) is 0.652. The molecule has 0 heterocycles. The molecule has 0 aliphatic heterocycles. The van der Waals surface area contributed by atoms with Gasteiger partial charge in [0.1, 0.15) is 5.78 Å². The van der Waals surface area contributed by atoms with E-state index in [9.17, 15) is 14.7 Å². The lowest BCUT2D eigenvalue weighted by Crippen LogP contribution is -2.48. The molecule has 1 N–H and O–H groups in total. The Hall–Kier alpha value is -1.39. The van der Waals surface area contributed by atoms with Crippen LogP contribution >= 0.6 is 11.8 Å². The summed E-state index contributed by atoms with van der Waals surface area (Å²) < 4.78 is 0. The third kappa shape index (κ3) is 3.93. The standard InChI is InChI=1S/C26H34O3S/c1-25(2)12-7-13-26(3)22(25)15-21(27)19-14-17(10-11-23(26)28)20(24(19)29)16-30-18-8-5-4-6-9-18/h4-6,8-9,14,17,20-22,27H,7,10-13,15-16H2,1-3H3. The predicted molar refractivity (Wildman–Crippen MR) is 121 cm³/mol. The molecule has 0 aromatic heterocycles. The summed E-state index contributed by atoms with van der Waals surface area (Å²) in [7, 11) is 0. The molecular formula is C26H34O3S. The molecule has 0 amide bonds. The Morgan fingerprint density at radius 2 is 1.83 bits per heavy atom. The Morgan fingerprint density at radius 1 is 1.10 bits per heavy atom. The fourth-order valence-electron chi connectivity index (χ4n) is 6.27. The number of rotatable bonds is 3. The van der Waals surface area contributed by atoms with E-state index in [0.29, 0.717) is 36.4 Å². The lowest BCUT2D eigenvalue weighted by Gasteiger charge is -2.51. The summed E-state index contributed by atoms with van der Waals surface area (Å²) in [6, 6.07) is 10.1. The Balaban J connectivity index is 1.59. The molecule has 0 spiro atoms. The van der Waals surface area contributed by atoms with E-state index in [1.165, 1.54) is 0 Å². The largest absolute Gasteiger partial charge is 0.388 e. The van der Waals surface area contributed by atoms with E-state index in [0.717, 1.165) is 24.2 Å². The van der Waals surface area contributed by atoms with Gasteiger partial charge in [0.15, 0.2) is 5.78 Å². The Labute approximate surface area is 184 Å². The monoisotopic (exact) mass is 426 g/mol. The number of carbonyl (C=O) groups is 2. The van der Waals surface area contributed by atoms with Gasteiger partial charge in [-0.1, -0.05) is 51.5 Å². The number of thioether (sulfide) groups is 1. The van der Waals surface area contributed by atoms with Crippen LogP contribution in [-0.4, -0.2) is 28.5 Å². The molecule has 1 fully saturated rings. The van der Waals surface area contributed by atoms with Crippen LogP contribution in [0.3, 0.4) is 0 Å². The lowest BCUT2D eigenvalue weighted by molar-refractivity contribution is -0.140. The van der Waals surface area contributed by atoms with Gasteiger partial charge in [-0.2, -0.15) is 0 Å². The van der Waals surface area contributed by atoms with Gasteiger partial charge in [0.25, 0.3) is 0 Å². The maximum Gasteiger partial charge on any atom is 0.165 e. The molecule has 3 aliphatic rings. The predicted octanol–water partition coefficient (Wildman–Crippen LogP) is 5.47. The smallest absolute Gasteiger partial charge is 0.165 e. The Morgan fingerprint density at radius 3 is 2.57 bits per heavy atom. The summed E-state index contributed by atoms with van der Waals surface area (Å²) in [5, 5.41) is 11.2. The maximum absolute atomic E-state index is 13.4. The third-order valence-corrected chi connectivity index (χ3v) is 9.23. The van der Waals surface area contributed by atoms with Crippen molar-refractivity contribution < 1.29 is 14.7 Å². The summed E-state index contributed by atoms with van der Waals surface area (Å²) in [5.41, 5.74) is 0.210. The number of aliphatic hydroxyl groups is 1. The fourth-order valence-corrected chi connectivity index (χ4v) is 7.39. The summed E-state index contributed by atoms with van der Waals surface area (Å²) >= 11 is 1.69. The molecule has 30 heavy (non-hydrogen) atoms. The van der Waals surface area contributed by atoms with E-state index in [-0.39, 0.29) is 29.0 Å². The highest BCUT2D eigenvalue weighted by Gasteiger charge is 2.52. The zero-order valence-corrected chi connectivity index (χ0v) is 19.2. The van der Waals surface area contributed by atoms with Crippen molar-refractivity contribution in [1.82, 2.24) is 0 Å². The van der Waals surface area contributed by atoms with Crippen LogP contribution in [0.1, 0.15) is 59.3 Å². The van der Waals surface area contributed by atoms with Gasteiger partial charge in [-0.25, -0.2) is 0 Å². The van der Waals surface area contributed by atoms with Crippen molar-refractivity contribution in [1.29, 1.82) is 0 Å². The Bertz CT molecular complexity index is 843. The first-order valence-electron chi connectivity index (χ1n) is 11.4. The summed E-state index contributed by atoms with van der Waals surface area (Å²) in [4.78, 5) is 27.9. The van der Waals surface area contributed by atoms with Gasteiger partial charge in [-0.05, 0) is 55.1 Å². The van der Waals surface area contributed by atoms with Gasteiger partial charge in [0.05, 0.1) is 6.10 Å². The number of benzene rings is 1. The molecule has 5 unspecified atom stereocenters. The molecule has 4 rings (SSSR count). The molecule has 5 atom stereocenters. The van der Waals surface area contributed by atoms with Crippen molar-refractivity contribution in [2.75, 3.05) is 5.75 Å². The second kappa shape index (κ2) is 8.27. The first-order valence-corrected chi connectivity index (χ1v) is 12.4. The number of hydrogen-bond donors (Lipinski definition) is 1. The zero-order valence-electron chi connectivity index (χ0n) is 18.4. The highest BCUT2D eigenvalue weighted by atomic mass is 32.2. The summed E-state index contributed by atoms with van der Waals surface area (Å²) in [6.07, 6.45) is 6.03. The first-order chi connectivity index (χ1) is 14.2. The highest BCUT2D eigenvalue weighted by molar-refractivity contribution is 7.99. The van der Waals surface area contributed by atoms with Crippen LogP contribution in [0.15, 0.2) is 46.9 Å². The molecule has 1 aromatic rings. The van der Waals surface area contributed by atoms with E-state index in [1.54, 1.807) is 11.8 Å². The Kier molecular flexibility index (Phi) is 6.02. The number of allylic oxidation sites excluding steroid dienone is 1. The minimum absolute atomic E-state index is 0.00693. The van der Waals surface area contributed by atoms with Crippen LogP contribution < -0.4 is 0 Å². The van der Waals surface area contributed by atoms with Crippen LogP contribution in [0.2, 0.25) is 0 Å². The molecule has 1 saturated carbocycles. The number of fused-ring (bicyclic) bond motifs is 2. The van der Waals surface area contributed by atoms with Crippen molar-refractivity contribution in [2.45, 2.75) is 70.3 Å². The average Bonchev–Trinajstić information content (AvgIpc) is 3.02.